The number of imide groups is 1. The first-order chi connectivity index (χ1) is 24.7. The number of nitrogens with zero attached hydrogens (tertiary/aromatic N) is 4. The average Bonchev–Trinajstić information content (AvgIpc) is 3.50. The van der Waals surface area contributed by atoms with E-state index in [1.54, 1.807) is 17.2 Å². The van der Waals surface area contributed by atoms with Gasteiger partial charge < -0.3 is 46.3 Å². The Hall–Kier alpha value is -5.40. The second-order valence-electron chi connectivity index (χ2n) is 12.6. The van der Waals surface area contributed by atoms with Crippen LogP contribution >= 0.6 is 11.6 Å². The topological polar surface area (TPSA) is 231 Å². The van der Waals surface area contributed by atoms with E-state index in [2.05, 4.69) is 20.5 Å². The SMILES string of the molecule is Nc1ccc(CN2CCC(N3CCN(C(=O)NC(C(=O)N[C@H]4Cc5ccc(F)c(C(=O)O)c5OB4O)c4cc(F)c(O)c(O)c4Cl)C3=O)CC2)cn1. The molecule has 3 aromatic rings. The van der Waals surface area contributed by atoms with Crippen molar-refractivity contribution in [2.75, 3.05) is 31.9 Å². The number of pyridine rings is 1. The fourth-order valence-electron chi connectivity index (χ4n) is 6.60. The fraction of sp³-hybridized carbons (Fsp3) is 0.344. The van der Waals surface area contributed by atoms with Crippen LogP contribution in [0.1, 0.15) is 45.9 Å². The molecule has 4 heterocycles. The summed E-state index contributed by atoms with van der Waals surface area (Å²) in [6.45, 7) is 2.16. The number of nitrogen functional groups attached to an aromatic ring is 1. The van der Waals surface area contributed by atoms with Crippen LogP contribution in [-0.2, 0) is 17.8 Å². The highest BCUT2D eigenvalue weighted by atomic mass is 35.5. The van der Waals surface area contributed by atoms with Gasteiger partial charge in [0.15, 0.2) is 17.3 Å². The van der Waals surface area contributed by atoms with Gasteiger partial charge in [0.2, 0.25) is 5.91 Å². The molecule has 3 aliphatic heterocycles. The summed E-state index contributed by atoms with van der Waals surface area (Å²) in [6, 6.07) is 2.55. The first-order valence-corrected chi connectivity index (χ1v) is 16.5. The first kappa shape index (κ1) is 36.4. The summed E-state index contributed by atoms with van der Waals surface area (Å²) in [5, 5.41) is 44.3. The summed E-state index contributed by atoms with van der Waals surface area (Å²) < 4.78 is 34.1. The van der Waals surface area contributed by atoms with Crippen molar-refractivity contribution in [2.24, 2.45) is 0 Å². The first-order valence-electron chi connectivity index (χ1n) is 16.1. The zero-order valence-corrected chi connectivity index (χ0v) is 28.0. The molecule has 0 radical (unpaired) electrons. The van der Waals surface area contributed by atoms with Crippen LogP contribution in [0.25, 0.3) is 0 Å². The van der Waals surface area contributed by atoms with E-state index in [0.717, 1.165) is 16.5 Å². The Morgan fingerprint density at radius 3 is 2.48 bits per heavy atom. The Labute approximate surface area is 299 Å². The summed E-state index contributed by atoms with van der Waals surface area (Å²) in [5.74, 6) is -8.93. The van der Waals surface area contributed by atoms with Crippen molar-refractivity contribution in [3.8, 4) is 17.2 Å². The molecule has 2 saturated heterocycles. The molecule has 6 rings (SSSR count). The molecule has 3 aliphatic rings. The number of hydrogen-bond donors (Lipinski definition) is 7. The number of nitrogens with one attached hydrogen (secondary N) is 2. The van der Waals surface area contributed by atoms with Crippen molar-refractivity contribution in [2.45, 2.75) is 43.8 Å². The van der Waals surface area contributed by atoms with Gasteiger partial charge >= 0.3 is 25.1 Å². The van der Waals surface area contributed by atoms with Gasteiger partial charge in [-0.05, 0) is 48.6 Å². The Kier molecular flexibility index (Phi) is 10.3. The number of phenols is 2. The number of amides is 5. The summed E-state index contributed by atoms with van der Waals surface area (Å²) in [4.78, 5) is 61.3. The maximum Gasteiger partial charge on any atom is 0.547 e. The molecule has 5 amide bonds. The van der Waals surface area contributed by atoms with Gasteiger partial charge in [-0.15, -0.1) is 0 Å². The highest BCUT2D eigenvalue weighted by molar-refractivity contribution is 6.47. The number of piperidine rings is 1. The highest BCUT2D eigenvalue weighted by Crippen LogP contribution is 2.41. The molecule has 16 nitrogen and oxygen atoms in total. The average molecular weight is 744 g/mol. The van der Waals surface area contributed by atoms with E-state index in [4.69, 9.17) is 22.0 Å². The third-order valence-corrected chi connectivity index (χ3v) is 9.72. The zero-order chi connectivity index (χ0) is 37.4. The van der Waals surface area contributed by atoms with Gasteiger partial charge in [-0.25, -0.2) is 33.0 Å². The van der Waals surface area contributed by atoms with Crippen molar-refractivity contribution < 1.29 is 53.0 Å². The number of carboxylic acids is 1. The van der Waals surface area contributed by atoms with E-state index in [-0.39, 0.29) is 31.1 Å². The molecule has 20 heteroatoms. The predicted molar refractivity (Wildman–Crippen MR) is 179 cm³/mol. The number of carboxylic acid groups (broad SMARTS) is 1. The van der Waals surface area contributed by atoms with Gasteiger partial charge in [0.05, 0.1) is 11.0 Å². The van der Waals surface area contributed by atoms with Crippen molar-refractivity contribution in [3.63, 3.8) is 0 Å². The van der Waals surface area contributed by atoms with Crippen LogP contribution in [0.15, 0.2) is 36.5 Å². The summed E-state index contributed by atoms with van der Waals surface area (Å²) in [7, 11) is -1.91. The van der Waals surface area contributed by atoms with Crippen LogP contribution in [0.4, 0.5) is 24.2 Å². The highest BCUT2D eigenvalue weighted by Gasteiger charge is 2.43. The van der Waals surface area contributed by atoms with Crippen LogP contribution in [0.2, 0.25) is 5.02 Å². The predicted octanol–water partition coefficient (Wildman–Crippen LogP) is 2.00. The van der Waals surface area contributed by atoms with Crippen LogP contribution in [0.5, 0.6) is 17.2 Å². The second-order valence-corrected chi connectivity index (χ2v) is 13.0. The number of fused-ring (bicyclic) bond motifs is 1. The number of likely N-dealkylation sites (tertiary alicyclic amines) is 1. The Balaban J connectivity index is 1.16. The number of carbonyl (C=O) groups is 4. The van der Waals surface area contributed by atoms with Crippen molar-refractivity contribution >= 4 is 48.5 Å². The van der Waals surface area contributed by atoms with Crippen LogP contribution in [0, 0.1) is 11.6 Å². The molecule has 0 bridgehead atoms. The van der Waals surface area contributed by atoms with Crippen molar-refractivity contribution in [1.82, 2.24) is 30.3 Å². The molecule has 2 aromatic carbocycles. The number of aromatic carboxylic acids is 1. The Bertz CT molecular complexity index is 1920. The van der Waals surface area contributed by atoms with Gasteiger partial charge in [0.25, 0.3) is 0 Å². The van der Waals surface area contributed by atoms with Crippen LogP contribution in [-0.4, -0.2) is 109 Å². The van der Waals surface area contributed by atoms with E-state index in [1.807, 2.05) is 6.07 Å². The van der Waals surface area contributed by atoms with E-state index < -0.39 is 88.1 Å². The maximum absolute atomic E-state index is 14.7. The van der Waals surface area contributed by atoms with Gasteiger partial charge in [-0.2, -0.15) is 0 Å². The molecule has 2 fully saturated rings. The van der Waals surface area contributed by atoms with Gasteiger partial charge in [-0.1, -0.05) is 23.7 Å². The monoisotopic (exact) mass is 743 g/mol. The number of nitrogens with two attached hydrogens (primary N) is 1. The lowest BCUT2D eigenvalue weighted by molar-refractivity contribution is -0.123. The molecule has 274 valence electrons. The summed E-state index contributed by atoms with van der Waals surface area (Å²) >= 11 is 6.20. The number of anilines is 1. The molecule has 1 unspecified atom stereocenters. The summed E-state index contributed by atoms with van der Waals surface area (Å²) in [6.07, 6.45) is 2.71. The Morgan fingerprint density at radius 2 is 1.81 bits per heavy atom. The number of aromatic nitrogens is 1. The van der Waals surface area contributed by atoms with E-state index >= 15 is 0 Å². The lowest BCUT2D eigenvalue weighted by atomic mass is 9.72. The minimum atomic E-state index is -1.91. The van der Waals surface area contributed by atoms with Gasteiger partial charge in [0, 0.05) is 50.5 Å². The smallest absolute Gasteiger partial charge is 0.534 e. The fourth-order valence-corrected chi connectivity index (χ4v) is 6.85. The standard InChI is InChI=1S/C32H33BClF2N7O9/c34-24-18(12-20(36)26(44)27(24)45)25(29(46)39-21-11-16-2-3-19(35)23(30(47)48)28(16)52-33(21)51)40-31(49)43-10-9-42(32(43)50)17-5-7-41(8-6-17)14-15-1-4-22(37)38-13-15/h1-4,12-13,17,21,25,44-45,51H,5-11,14H2,(H2,37,38)(H,39,46)(H,40,49)(H,47,48)/t21-,25?/m0/s1. The third-order valence-electron chi connectivity index (χ3n) is 9.33. The molecule has 0 spiro atoms. The lowest BCUT2D eigenvalue weighted by Gasteiger charge is -2.36. The van der Waals surface area contributed by atoms with Crippen LogP contribution in [0.3, 0.4) is 0 Å². The zero-order valence-electron chi connectivity index (χ0n) is 27.3. The number of aromatic hydroxyl groups is 2. The largest absolute Gasteiger partial charge is 0.547 e. The number of halogens is 3. The number of hydrogen-bond acceptors (Lipinski definition) is 11. The van der Waals surface area contributed by atoms with E-state index in [1.165, 1.54) is 6.07 Å². The quantitative estimate of drug-likeness (QED) is 0.130. The van der Waals surface area contributed by atoms with Crippen LogP contribution < -0.4 is 21.0 Å². The molecule has 8 N–H and O–H groups in total. The van der Waals surface area contributed by atoms with Crippen molar-refractivity contribution in [1.29, 1.82) is 0 Å². The number of benzene rings is 2. The van der Waals surface area contributed by atoms with E-state index in [9.17, 15) is 48.3 Å². The second kappa shape index (κ2) is 14.7. The number of rotatable bonds is 8. The third kappa shape index (κ3) is 7.19. The molecule has 1 aromatic heterocycles. The molecule has 52 heavy (non-hydrogen) atoms. The molecule has 0 saturated carbocycles. The molecular weight excluding hydrogens is 711 g/mol. The Morgan fingerprint density at radius 1 is 1.08 bits per heavy atom. The normalized spacial score (nSPS) is 18.5. The van der Waals surface area contributed by atoms with Crippen molar-refractivity contribution in [3.05, 3.63) is 75.4 Å². The van der Waals surface area contributed by atoms with Gasteiger partial charge in [0.1, 0.15) is 29.0 Å². The number of carbonyl (C=O) groups excluding carboxylic acids is 3. The van der Waals surface area contributed by atoms with E-state index in [0.29, 0.717) is 44.4 Å². The maximum atomic E-state index is 14.7. The summed E-state index contributed by atoms with van der Waals surface area (Å²) in [5.41, 5.74) is 5.46. The van der Waals surface area contributed by atoms with Gasteiger partial charge in [-0.3, -0.25) is 9.69 Å². The molecule has 0 aliphatic carbocycles. The molecule has 2 atom stereocenters. The lowest BCUT2D eigenvalue weighted by Crippen LogP contribution is -2.56. The minimum absolute atomic E-state index is 0.0479. The number of urea groups is 2. The number of phenolic OH excluding ortho intramolecular Hbond substituents is 2. The molecular formula is C32H33BClF2N7O9. The minimum Gasteiger partial charge on any atom is -0.534 e.